The lowest BCUT2D eigenvalue weighted by Crippen LogP contribution is -2.64. The highest BCUT2D eigenvalue weighted by Gasteiger charge is 2.52. The second-order valence-corrected chi connectivity index (χ2v) is 18.5. The average Bonchev–Trinajstić information content (AvgIpc) is 3.88. The van der Waals surface area contributed by atoms with E-state index in [4.69, 9.17) is 28.3 Å². The van der Waals surface area contributed by atoms with E-state index in [1.165, 1.54) is 51.4 Å². The normalized spacial score (nSPS) is 29.2. The number of carbonyl (C=O) groups is 2. The summed E-state index contributed by atoms with van der Waals surface area (Å²) < 4.78 is 33.6. The molecule has 11 unspecified atom stereocenters. The summed E-state index contributed by atoms with van der Waals surface area (Å²) in [4.78, 5) is 51.5. The zero-order chi connectivity index (χ0) is 46.0. The lowest BCUT2D eigenvalue weighted by atomic mass is 9.85. The first-order valence-corrected chi connectivity index (χ1v) is 24.8. The fourth-order valence-corrected chi connectivity index (χ4v) is 9.12. The number of hydrogen-bond donors (Lipinski definition) is 7. The number of aliphatic hydroxyl groups excluding tert-OH is 5. The largest absolute Gasteiger partial charge is 0.472 e. The molecule has 17 nitrogen and oxygen atoms in total. The van der Waals surface area contributed by atoms with Crippen molar-refractivity contribution in [2.24, 2.45) is 11.8 Å². The van der Waals surface area contributed by atoms with E-state index < -0.39 is 81.8 Å². The van der Waals surface area contributed by atoms with E-state index in [2.05, 4.69) is 11.8 Å². The Bertz CT molecular complexity index is 1400. The van der Waals surface area contributed by atoms with Crippen LogP contribution in [0.25, 0.3) is 0 Å². The predicted molar refractivity (Wildman–Crippen MR) is 231 cm³/mol. The zero-order valence-electron chi connectivity index (χ0n) is 37.3. The Morgan fingerprint density at radius 2 is 1.30 bits per heavy atom. The minimum Gasteiger partial charge on any atom is -0.462 e. The van der Waals surface area contributed by atoms with Gasteiger partial charge in [0.25, 0.3) is 0 Å². The van der Waals surface area contributed by atoms with Crippen LogP contribution in [0.4, 0.5) is 0 Å². The van der Waals surface area contributed by atoms with Gasteiger partial charge in [-0.25, -0.2) is 19.2 Å². The number of aliphatic hydroxyl groups is 5. The number of rotatable bonds is 34. The Morgan fingerprint density at radius 3 is 1.92 bits per heavy atom. The minimum atomic E-state index is -5.17. The molecule has 1 heterocycles. The van der Waals surface area contributed by atoms with Crippen LogP contribution in [0.5, 0.6) is 0 Å². The molecule has 3 rings (SSSR count). The standard InChI is InChI=1S/C45H77O17P/c1-3-5-7-8-9-10-11-12-13-14-15-16-21-25-38(46)56-30-33(31-57-63(54,55)62-45-43(51)41(49)40(48)42(50)44(45)52)58-39(47)26-22-18-17-20-24-34-35(37-29-36(34)60-61-37)28-27-32(59-53)23-19-6-4-2/h6,17,19-20,27-28,32-37,40-45,48-53H,3-5,7-16,18,21-26,29-31H2,1-2H3,(H,54,55)/b19-6-,20-17-,28-27+. The maximum atomic E-state index is 12.9. The van der Waals surface area contributed by atoms with Crippen molar-refractivity contribution in [2.45, 2.75) is 210 Å². The van der Waals surface area contributed by atoms with E-state index in [0.29, 0.717) is 32.1 Å². The van der Waals surface area contributed by atoms with Gasteiger partial charge in [-0.3, -0.25) is 23.9 Å². The first-order chi connectivity index (χ1) is 30.3. The van der Waals surface area contributed by atoms with Gasteiger partial charge in [-0.05, 0) is 38.5 Å². The number of ether oxygens (including phenoxy) is 2. The Balaban J connectivity index is 1.45. The molecule has 0 spiro atoms. The number of allylic oxidation sites excluding steroid dienone is 3. The van der Waals surface area contributed by atoms with Gasteiger partial charge < -0.3 is 39.9 Å². The van der Waals surface area contributed by atoms with Crippen LogP contribution in [0.15, 0.2) is 36.5 Å². The molecule has 3 fully saturated rings. The molecule has 0 amide bonds. The van der Waals surface area contributed by atoms with Crippen molar-refractivity contribution < 1.29 is 83.0 Å². The molecule has 364 valence electrons. The van der Waals surface area contributed by atoms with Crippen LogP contribution >= 0.6 is 7.82 Å². The maximum absolute atomic E-state index is 12.9. The third kappa shape index (κ3) is 20.5. The van der Waals surface area contributed by atoms with Crippen molar-refractivity contribution in [1.29, 1.82) is 0 Å². The van der Waals surface area contributed by atoms with Gasteiger partial charge in [0, 0.05) is 31.1 Å². The molecule has 2 aliphatic carbocycles. The van der Waals surface area contributed by atoms with Crippen LogP contribution in [0.1, 0.15) is 149 Å². The molecule has 7 N–H and O–H groups in total. The average molecular weight is 921 g/mol. The fraction of sp³-hybridized carbons (Fsp3) is 0.822. The van der Waals surface area contributed by atoms with Crippen molar-refractivity contribution in [1.82, 2.24) is 0 Å². The number of phosphoric acid groups is 1. The van der Waals surface area contributed by atoms with Crippen molar-refractivity contribution in [3.8, 4) is 0 Å². The molecule has 2 bridgehead atoms. The van der Waals surface area contributed by atoms with Crippen LogP contribution in [0.2, 0.25) is 0 Å². The summed E-state index contributed by atoms with van der Waals surface area (Å²) in [5.74, 6) is -1.01. The predicted octanol–water partition coefficient (Wildman–Crippen LogP) is 6.47. The van der Waals surface area contributed by atoms with Crippen molar-refractivity contribution in [3.63, 3.8) is 0 Å². The molecular weight excluding hydrogens is 843 g/mol. The Kier molecular flexibility index (Phi) is 27.2. The Morgan fingerprint density at radius 1 is 0.714 bits per heavy atom. The van der Waals surface area contributed by atoms with Gasteiger partial charge in [0.2, 0.25) is 0 Å². The van der Waals surface area contributed by atoms with Crippen LogP contribution < -0.4 is 0 Å². The minimum absolute atomic E-state index is 0.0366. The highest BCUT2D eigenvalue weighted by atomic mass is 31.2. The van der Waals surface area contributed by atoms with E-state index in [1.807, 2.05) is 43.4 Å². The molecule has 11 atom stereocenters. The molecule has 2 saturated carbocycles. The highest BCUT2D eigenvalue weighted by Crippen LogP contribution is 2.47. The fourth-order valence-electron chi connectivity index (χ4n) is 8.15. The number of unbranched alkanes of at least 4 members (excludes halogenated alkanes) is 13. The number of phosphoric ester groups is 1. The van der Waals surface area contributed by atoms with Crippen LogP contribution in [-0.4, -0.2) is 122 Å². The maximum Gasteiger partial charge on any atom is 0.472 e. The second-order valence-electron chi connectivity index (χ2n) is 17.1. The van der Waals surface area contributed by atoms with Crippen molar-refractivity contribution in [2.75, 3.05) is 13.2 Å². The van der Waals surface area contributed by atoms with E-state index >= 15 is 0 Å². The lowest BCUT2D eigenvalue weighted by Gasteiger charge is -2.41. The van der Waals surface area contributed by atoms with Crippen LogP contribution in [-0.2, 0) is 47.3 Å². The third-order valence-electron chi connectivity index (χ3n) is 11.9. The number of hydrogen-bond acceptors (Lipinski definition) is 16. The van der Waals surface area contributed by atoms with E-state index in [1.54, 1.807) is 0 Å². The van der Waals surface area contributed by atoms with E-state index in [9.17, 15) is 49.8 Å². The van der Waals surface area contributed by atoms with Gasteiger partial charge in [-0.15, -0.1) is 0 Å². The molecule has 63 heavy (non-hydrogen) atoms. The summed E-state index contributed by atoms with van der Waals surface area (Å²) in [6, 6.07) is 0. The molecule has 0 radical (unpaired) electrons. The molecule has 18 heteroatoms. The second kappa shape index (κ2) is 31.0. The van der Waals surface area contributed by atoms with Crippen LogP contribution in [0.3, 0.4) is 0 Å². The topological polar surface area (TPSA) is 257 Å². The summed E-state index contributed by atoms with van der Waals surface area (Å²) in [6.45, 7) is 2.97. The summed E-state index contributed by atoms with van der Waals surface area (Å²) >= 11 is 0. The summed E-state index contributed by atoms with van der Waals surface area (Å²) in [6.07, 6.45) is 16.6. The van der Waals surface area contributed by atoms with E-state index in [0.717, 1.165) is 38.5 Å². The van der Waals surface area contributed by atoms with Gasteiger partial charge in [0.1, 0.15) is 55.4 Å². The molecule has 3 aliphatic rings. The Hall–Kier alpha value is -2.09. The van der Waals surface area contributed by atoms with Gasteiger partial charge in [-0.2, -0.15) is 0 Å². The van der Waals surface area contributed by atoms with Gasteiger partial charge in [0.05, 0.1) is 12.7 Å². The van der Waals surface area contributed by atoms with Crippen LogP contribution in [0, 0.1) is 11.8 Å². The van der Waals surface area contributed by atoms with Gasteiger partial charge in [0.15, 0.2) is 6.10 Å². The number of carbonyl (C=O) groups excluding carboxylic acids is 2. The monoisotopic (exact) mass is 920 g/mol. The quantitative estimate of drug-likeness (QED) is 0.00912. The first-order valence-electron chi connectivity index (χ1n) is 23.3. The van der Waals surface area contributed by atoms with Crippen molar-refractivity contribution >= 4 is 19.8 Å². The molecule has 0 aromatic carbocycles. The smallest absolute Gasteiger partial charge is 0.462 e. The molecule has 1 saturated heterocycles. The van der Waals surface area contributed by atoms with E-state index in [-0.39, 0.29) is 36.9 Å². The van der Waals surface area contributed by atoms with Gasteiger partial charge >= 0.3 is 19.8 Å². The molecule has 0 aromatic rings. The Labute approximate surface area is 373 Å². The summed E-state index contributed by atoms with van der Waals surface area (Å²) in [5.41, 5.74) is 0. The number of esters is 2. The molecule has 1 aliphatic heterocycles. The SMILES string of the molecule is CC/C=C\CC(/C=C/C1C2CC(OO2)C1C/C=C\CCCC(=O)OC(COC(=O)CCCCCCCCCCCCCCC)COP(=O)(O)OC1C(O)C(O)C(O)C(O)C1O)OO. The van der Waals surface area contributed by atoms with Gasteiger partial charge in [-0.1, -0.05) is 127 Å². The summed E-state index contributed by atoms with van der Waals surface area (Å²) in [5, 5.41) is 59.6. The number of fused-ring (bicyclic) bond motifs is 2. The zero-order valence-corrected chi connectivity index (χ0v) is 38.2. The van der Waals surface area contributed by atoms with Crippen molar-refractivity contribution in [3.05, 3.63) is 36.5 Å². The molecular formula is C45H77O17P. The lowest BCUT2D eigenvalue weighted by molar-refractivity contribution is -0.336. The highest BCUT2D eigenvalue weighted by molar-refractivity contribution is 7.47. The third-order valence-corrected chi connectivity index (χ3v) is 12.9. The molecule has 0 aromatic heterocycles. The summed E-state index contributed by atoms with van der Waals surface area (Å²) in [7, 11) is -5.17. The first kappa shape index (κ1) is 55.2.